The van der Waals surface area contributed by atoms with Crippen molar-refractivity contribution in [2.45, 2.75) is 11.3 Å². The van der Waals surface area contributed by atoms with E-state index in [2.05, 4.69) is 9.72 Å². The van der Waals surface area contributed by atoms with Gasteiger partial charge in [-0.3, -0.25) is 9.69 Å². The third kappa shape index (κ3) is 7.95. The number of carbonyl (C=O) groups is 1. The van der Waals surface area contributed by atoms with Crippen LogP contribution in [-0.4, -0.2) is 62.2 Å². The third-order valence-corrected chi connectivity index (χ3v) is 6.34. The molecule has 0 aliphatic carbocycles. The van der Waals surface area contributed by atoms with Crippen LogP contribution < -0.4 is 14.4 Å². The molecule has 1 aromatic heterocycles. The molecule has 12 heteroatoms. The maximum Gasteiger partial charge on any atom is 0.573 e. The Kier molecular flexibility index (Phi) is 9.65. The second kappa shape index (κ2) is 11.8. The van der Waals surface area contributed by atoms with Crippen molar-refractivity contribution in [2.24, 2.45) is 0 Å². The van der Waals surface area contributed by atoms with E-state index >= 15 is 0 Å². The van der Waals surface area contributed by atoms with E-state index in [1.54, 1.807) is 12.0 Å². The summed E-state index contributed by atoms with van der Waals surface area (Å²) < 4.78 is 47.2. The van der Waals surface area contributed by atoms with E-state index in [-0.39, 0.29) is 29.8 Å². The van der Waals surface area contributed by atoms with Gasteiger partial charge in [-0.15, -0.1) is 37.3 Å². The fourth-order valence-electron chi connectivity index (χ4n) is 2.73. The van der Waals surface area contributed by atoms with Crippen molar-refractivity contribution in [1.82, 2.24) is 9.88 Å². The summed E-state index contributed by atoms with van der Waals surface area (Å²) in [7, 11) is 5.38. The molecule has 180 valence electrons. The molecule has 1 amide bonds. The molecule has 3 aromatic rings. The number of thiazole rings is 1. The summed E-state index contributed by atoms with van der Waals surface area (Å²) in [6, 6.07) is 11.4. The fraction of sp³-hybridized carbons (Fsp3) is 0.333. The van der Waals surface area contributed by atoms with Gasteiger partial charge in [0, 0.05) is 24.1 Å². The Labute approximate surface area is 204 Å². The highest BCUT2D eigenvalue weighted by molar-refractivity contribution is 8.00. The second-order valence-corrected chi connectivity index (χ2v) is 9.04. The highest BCUT2D eigenvalue weighted by Crippen LogP contribution is 2.34. The summed E-state index contributed by atoms with van der Waals surface area (Å²) in [5.74, 6) is 0.467. The van der Waals surface area contributed by atoms with Crippen molar-refractivity contribution in [1.29, 1.82) is 0 Å². The number of benzene rings is 2. The topological polar surface area (TPSA) is 54.9 Å². The molecule has 0 unspecified atom stereocenters. The minimum absolute atomic E-state index is 0. The van der Waals surface area contributed by atoms with E-state index in [1.807, 2.05) is 43.3 Å². The molecule has 0 aliphatic heterocycles. The number of rotatable bonds is 9. The zero-order chi connectivity index (χ0) is 23.3. The summed E-state index contributed by atoms with van der Waals surface area (Å²) in [6.45, 7) is 1.01. The first-order valence-corrected chi connectivity index (χ1v) is 11.3. The predicted octanol–water partition coefficient (Wildman–Crippen LogP) is 5.31. The lowest BCUT2D eigenvalue weighted by Crippen LogP contribution is -2.37. The van der Waals surface area contributed by atoms with Gasteiger partial charge in [0.1, 0.15) is 11.5 Å². The van der Waals surface area contributed by atoms with Gasteiger partial charge in [-0.25, -0.2) is 4.98 Å². The molecule has 0 fully saturated rings. The lowest BCUT2D eigenvalue weighted by Gasteiger charge is -2.21. The van der Waals surface area contributed by atoms with Gasteiger partial charge in [0.05, 0.1) is 23.1 Å². The minimum atomic E-state index is -4.77. The Bertz CT molecular complexity index is 1060. The number of alkyl halides is 3. The molecular formula is C21H23ClF3N3O3S2. The van der Waals surface area contributed by atoms with Crippen LogP contribution in [0.4, 0.5) is 18.3 Å². The number of thioether (sulfide) groups is 1. The van der Waals surface area contributed by atoms with Crippen molar-refractivity contribution in [3.05, 3.63) is 42.5 Å². The van der Waals surface area contributed by atoms with Gasteiger partial charge < -0.3 is 14.4 Å². The number of aromatic nitrogens is 1. The monoisotopic (exact) mass is 521 g/mol. The summed E-state index contributed by atoms with van der Waals surface area (Å²) in [6.07, 6.45) is -4.77. The number of methoxy groups -OCH3 is 1. The normalized spacial score (nSPS) is 11.4. The maximum atomic E-state index is 13.0. The number of carbonyl (C=O) groups excluding carboxylic acids is 1. The van der Waals surface area contributed by atoms with Crippen LogP contribution >= 0.6 is 35.5 Å². The SMILES string of the molecule is COc1ccc(SCC(=O)N(CCN(C)C)c2nc3ccc(OC(F)(F)F)cc3s2)cc1.Cl. The van der Waals surface area contributed by atoms with Crippen LogP contribution in [0.3, 0.4) is 0 Å². The molecule has 0 radical (unpaired) electrons. The molecule has 0 spiro atoms. The lowest BCUT2D eigenvalue weighted by atomic mass is 10.3. The van der Waals surface area contributed by atoms with Gasteiger partial charge in [-0.05, 0) is 50.5 Å². The summed E-state index contributed by atoms with van der Waals surface area (Å²) in [4.78, 5) is 21.9. The predicted molar refractivity (Wildman–Crippen MR) is 128 cm³/mol. The highest BCUT2D eigenvalue weighted by Gasteiger charge is 2.31. The molecule has 6 nitrogen and oxygen atoms in total. The molecule has 0 bridgehead atoms. The van der Waals surface area contributed by atoms with Gasteiger partial charge in [0.25, 0.3) is 0 Å². The van der Waals surface area contributed by atoms with E-state index in [9.17, 15) is 18.0 Å². The van der Waals surface area contributed by atoms with E-state index in [4.69, 9.17) is 4.74 Å². The zero-order valence-electron chi connectivity index (χ0n) is 18.1. The van der Waals surface area contributed by atoms with Crippen LogP contribution in [0.25, 0.3) is 10.2 Å². The number of likely N-dealkylation sites (N-methyl/N-ethyl adjacent to an activating group) is 1. The Balaban J connectivity index is 0.00000385. The number of anilines is 1. The number of hydrogen-bond acceptors (Lipinski definition) is 7. The first-order chi connectivity index (χ1) is 15.1. The number of fused-ring (bicyclic) bond motifs is 1. The number of amides is 1. The van der Waals surface area contributed by atoms with Gasteiger partial charge >= 0.3 is 6.36 Å². The number of ether oxygens (including phenoxy) is 2. The zero-order valence-corrected chi connectivity index (χ0v) is 20.5. The molecule has 0 aliphatic rings. The van der Waals surface area contributed by atoms with Crippen LogP contribution in [0, 0.1) is 0 Å². The Hall–Kier alpha value is -2.21. The number of halogens is 4. The van der Waals surface area contributed by atoms with E-state index < -0.39 is 6.36 Å². The smallest absolute Gasteiger partial charge is 0.497 e. The summed E-state index contributed by atoms with van der Waals surface area (Å²) >= 11 is 2.55. The van der Waals surface area contributed by atoms with Crippen molar-refractivity contribution < 1.29 is 27.4 Å². The fourth-order valence-corrected chi connectivity index (χ4v) is 4.54. The molecule has 0 saturated carbocycles. The summed E-state index contributed by atoms with van der Waals surface area (Å²) in [5.41, 5.74) is 0.505. The molecule has 0 atom stereocenters. The summed E-state index contributed by atoms with van der Waals surface area (Å²) in [5, 5.41) is 0.436. The number of hydrogen-bond donors (Lipinski definition) is 0. The van der Waals surface area contributed by atoms with Crippen molar-refractivity contribution in [3.63, 3.8) is 0 Å². The minimum Gasteiger partial charge on any atom is -0.497 e. The van der Waals surface area contributed by atoms with Crippen LogP contribution in [0.5, 0.6) is 11.5 Å². The maximum absolute atomic E-state index is 13.0. The molecule has 33 heavy (non-hydrogen) atoms. The molecule has 3 rings (SSSR count). The van der Waals surface area contributed by atoms with Crippen molar-refractivity contribution in [3.8, 4) is 11.5 Å². The average molecular weight is 522 g/mol. The quantitative estimate of drug-likeness (QED) is 0.356. The molecule has 0 saturated heterocycles. The average Bonchev–Trinajstić information content (AvgIpc) is 3.14. The molecular weight excluding hydrogens is 499 g/mol. The van der Waals surface area contributed by atoms with Crippen molar-refractivity contribution >= 4 is 56.8 Å². The molecule has 0 N–H and O–H groups in total. The Morgan fingerprint density at radius 2 is 1.76 bits per heavy atom. The van der Waals surface area contributed by atoms with E-state index in [0.717, 1.165) is 22.0 Å². The Morgan fingerprint density at radius 3 is 2.36 bits per heavy atom. The van der Waals surface area contributed by atoms with Crippen LogP contribution in [0.2, 0.25) is 0 Å². The first-order valence-electron chi connectivity index (χ1n) is 9.53. The first kappa shape index (κ1) is 27.0. The van der Waals surface area contributed by atoms with E-state index in [0.29, 0.717) is 28.4 Å². The van der Waals surface area contributed by atoms with Crippen molar-refractivity contribution in [2.75, 3.05) is 44.9 Å². The highest BCUT2D eigenvalue weighted by atomic mass is 35.5. The molecule has 1 heterocycles. The van der Waals surface area contributed by atoms with Gasteiger partial charge in [0.2, 0.25) is 5.91 Å². The van der Waals surface area contributed by atoms with Gasteiger partial charge in [-0.1, -0.05) is 11.3 Å². The van der Waals surface area contributed by atoms with Gasteiger partial charge in [0.15, 0.2) is 5.13 Å². The molecule has 2 aromatic carbocycles. The Morgan fingerprint density at radius 1 is 1.09 bits per heavy atom. The van der Waals surface area contributed by atoms with Crippen LogP contribution in [-0.2, 0) is 4.79 Å². The van der Waals surface area contributed by atoms with Crippen LogP contribution in [0.1, 0.15) is 0 Å². The van der Waals surface area contributed by atoms with Gasteiger partial charge in [-0.2, -0.15) is 0 Å². The second-order valence-electron chi connectivity index (χ2n) is 6.99. The van der Waals surface area contributed by atoms with Crippen LogP contribution in [0.15, 0.2) is 47.4 Å². The third-order valence-electron chi connectivity index (χ3n) is 4.31. The number of nitrogens with zero attached hydrogens (tertiary/aromatic N) is 3. The lowest BCUT2D eigenvalue weighted by molar-refractivity contribution is -0.274. The van der Waals surface area contributed by atoms with E-state index in [1.165, 1.54) is 30.0 Å². The largest absolute Gasteiger partial charge is 0.573 e. The standard InChI is InChI=1S/C21H22F3N3O3S2.ClH/c1-26(2)10-11-27(19(28)13-31-16-7-4-14(29-3)5-8-16)20-25-17-9-6-15(12-18(17)32-20)30-21(22,23)24;/h4-9,12H,10-11,13H2,1-3H3;1H.